The predicted octanol–water partition coefficient (Wildman–Crippen LogP) is 0.828. The van der Waals surface area contributed by atoms with E-state index in [9.17, 15) is 14.7 Å². The molecule has 1 aliphatic rings. The fourth-order valence-electron chi connectivity index (χ4n) is 2.70. The molecule has 1 saturated heterocycles. The van der Waals surface area contributed by atoms with Crippen molar-refractivity contribution in [3.05, 3.63) is 36.0 Å². The number of H-pyrrole nitrogens is 1. The Balaban J connectivity index is 2.00. The molecule has 6 nitrogen and oxygen atoms in total. The van der Waals surface area contributed by atoms with E-state index in [0.29, 0.717) is 5.56 Å². The molecule has 2 aromatic rings. The van der Waals surface area contributed by atoms with Crippen molar-refractivity contribution in [2.75, 3.05) is 6.54 Å². The number of hydrogen-bond donors (Lipinski definition) is 3. The lowest BCUT2D eigenvalue weighted by molar-refractivity contribution is -0.141. The van der Waals surface area contributed by atoms with Crippen LogP contribution in [-0.4, -0.2) is 50.7 Å². The number of hydrogen-bond acceptors (Lipinski definition) is 3. The Morgan fingerprint density at radius 1 is 1.30 bits per heavy atom. The van der Waals surface area contributed by atoms with Gasteiger partial charge in [-0.25, -0.2) is 4.79 Å². The summed E-state index contributed by atoms with van der Waals surface area (Å²) in [6.45, 7) is 0.0522. The molecule has 1 aromatic heterocycles. The molecule has 0 bridgehead atoms. The summed E-state index contributed by atoms with van der Waals surface area (Å²) in [5.74, 6) is -1.45. The summed E-state index contributed by atoms with van der Waals surface area (Å²) in [5.41, 5.74) is 1.27. The van der Waals surface area contributed by atoms with E-state index in [-0.39, 0.29) is 18.9 Å². The van der Waals surface area contributed by atoms with Crippen LogP contribution in [0.25, 0.3) is 10.9 Å². The highest BCUT2D eigenvalue weighted by molar-refractivity contribution is 6.07. The molecular weight excluding hydrogens is 260 g/mol. The van der Waals surface area contributed by atoms with Gasteiger partial charge in [-0.1, -0.05) is 6.07 Å². The molecule has 6 heteroatoms. The number of carboxylic acids is 1. The third-order valence-corrected chi connectivity index (χ3v) is 3.65. The SMILES string of the molecule is O=C(O)[C@H]1C[C@@H](O)CN1C(=O)c1cccc2[nH]ccc12. The first kappa shape index (κ1) is 12.7. The number of carboxylic acid groups (broad SMARTS) is 1. The Morgan fingerprint density at radius 3 is 2.85 bits per heavy atom. The van der Waals surface area contributed by atoms with Gasteiger partial charge in [0.1, 0.15) is 6.04 Å². The van der Waals surface area contributed by atoms with Crippen LogP contribution in [0.2, 0.25) is 0 Å². The monoisotopic (exact) mass is 274 g/mol. The van der Waals surface area contributed by atoms with E-state index in [1.165, 1.54) is 4.90 Å². The number of carbonyl (C=O) groups is 2. The van der Waals surface area contributed by atoms with Crippen LogP contribution in [0.15, 0.2) is 30.5 Å². The fourth-order valence-corrected chi connectivity index (χ4v) is 2.70. The van der Waals surface area contributed by atoms with Crippen LogP contribution in [-0.2, 0) is 4.79 Å². The average Bonchev–Trinajstić information content (AvgIpc) is 3.03. The van der Waals surface area contributed by atoms with Crippen LogP contribution >= 0.6 is 0 Å². The van der Waals surface area contributed by atoms with Gasteiger partial charge in [-0.05, 0) is 18.2 Å². The van der Waals surface area contributed by atoms with E-state index >= 15 is 0 Å². The molecule has 20 heavy (non-hydrogen) atoms. The number of rotatable bonds is 2. The first-order valence-electron chi connectivity index (χ1n) is 6.36. The van der Waals surface area contributed by atoms with Crippen LogP contribution in [0.1, 0.15) is 16.8 Å². The zero-order valence-electron chi connectivity index (χ0n) is 10.6. The Labute approximate surface area is 114 Å². The third-order valence-electron chi connectivity index (χ3n) is 3.65. The molecule has 2 heterocycles. The number of nitrogens with one attached hydrogen (secondary N) is 1. The summed E-state index contributed by atoms with van der Waals surface area (Å²) in [6.07, 6.45) is 1.02. The van der Waals surface area contributed by atoms with Gasteiger partial charge in [0.15, 0.2) is 0 Å². The number of β-amino-alcohol motifs (C(OH)–C–C–N with tert-alkyl or cyclic N) is 1. The summed E-state index contributed by atoms with van der Waals surface area (Å²) >= 11 is 0. The summed E-state index contributed by atoms with van der Waals surface area (Å²) < 4.78 is 0. The second-order valence-corrected chi connectivity index (χ2v) is 4.95. The van der Waals surface area contributed by atoms with Crippen molar-refractivity contribution in [2.24, 2.45) is 0 Å². The predicted molar refractivity (Wildman–Crippen MR) is 71.4 cm³/mol. The number of carbonyl (C=O) groups excluding carboxylic acids is 1. The van der Waals surface area contributed by atoms with Crippen molar-refractivity contribution in [3.8, 4) is 0 Å². The molecule has 3 rings (SSSR count). The number of aliphatic hydroxyl groups is 1. The Kier molecular flexibility index (Phi) is 2.94. The second-order valence-electron chi connectivity index (χ2n) is 4.95. The molecule has 1 aliphatic heterocycles. The quantitative estimate of drug-likeness (QED) is 0.756. The van der Waals surface area contributed by atoms with Gasteiger partial charge in [0.2, 0.25) is 0 Å². The Morgan fingerprint density at radius 2 is 2.10 bits per heavy atom. The Hall–Kier alpha value is -2.34. The van der Waals surface area contributed by atoms with E-state index in [2.05, 4.69) is 4.98 Å². The smallest absolute Gasteiger partial charge is 0.326 e. The minimum Gasteiger partial charge on any atom is -0.480 e. The number of fused-ring (bicyclic) bond motifs is 1. The standard InChI is InChI=1S/C14H14N2O4/c17-8-6-12(14(19)20)16(7-8)13(18)10-2-1-3-11-9(10)4-5-15-11/h1-5,8,12,15,17H,6-7H2,(H,19,20)/t8-,12-/m1/s1. The number of benzene rings is 1. The van der Waals surface area contributed by atoms with Gasteiger partial charge in [-0.3, -0.25) is 4.79 Å². The van der Waals surface area contributed by atoms with Crippen molar-refractivity contribution in [2.45, 2.75) is 18.6 Å². The van der Waals surface area contributed by atoms with Gasteiger partial charge in [0.25, 0.3) is 5.91 Å². The topological polar surface area (TPSA) is 93.6 Å². The van der Waals surface area contributed by atoms with Crippen molar-refractivity contribution in [1.82, 2.24) is 9.88 Å². The largest absolute Gasteiger partial charge is 0.480 e. The van der Waals surface area contributed by atoms with Crippen LogP contribution in [0, 0.1) is 0 Å². The van der Waals surface area contributed by atoms with E-state index < -0.39 is 18.1 Å². The number of likely N-dealkylation sites (tertiary alicyclic amines) is 1. The molecule has 1 fully saturated rings. The molecular formula is C14H14N2O4. The first-order valence-corrected chi connectivity index (χ1v) is 6.36. The minimum absolute atomic E-state index is 0.0522. The Bertz CT molecular complexity index is 679. The normalized spacial score (nSPS) is 22.4. The number of nitrogens with zero attached hydrogens (tertiary/aromatic N) is 1. The number of aromatic nitrogens is 1. The van der Waals surface area contributed by atoms with Crippen LogP contribution in [0.5, 0.6) is 0 Å². The van der Waals surface area contributed by atoms with E-state index in [0.717, 1.165) is 10.9 Å². The number of amides is 1. The highest BCUT2D eigenvalue weighted by atomic mass is 16.4. The molecule has 0 spiro atoms. The van der Waals surface area contributed by atoms with Gasteiger partial charge >= 0.3 is 5.97 Å². The van der Waals surface area contributed by atoms with Crippen LogP contribution in [0.4, 0.5) is 0 Å². The van der Waals surface area contributed by atoms with E-state index in [1.807, 2.05) is 6.07 Å². The van der Waals surface area contributed by atoms with Crippen molar-refractivity contribution >= 4 is 22.8 Å². The van der Waals surface area contributed by atoms with Crippen molar-refractivity contribution < 1.29 is 19.8 Å². The maximum atomic E-state index is 12.6. The second kappa shape index (κ2) is 4.64. The number of aliphatic carboxylic acids is 1. The van der Waals surface area contributed by atoms with Crippen molar-refractivity contribution in [3.63, 3.8) is 0 Å². The summed E-state index contributed by atoms with van der Waals surface area (Å²) in [6, 6.07) is 6.08. The molecule has 1 aromatic carbocycles. The molecule has 0 saturated carbocycles. The summed E-state index contributed by atoms with van der Waals surface area (Å²) in [5, 5.41) is 19.5. The third kappa shape index (κ3) is 1.94. The van der Waals surface area contributed by atoms with Crippen LogP contribution < -0.4 is 0 Å². The first-order chi connectivity index (χ1) is 9.58. The molecule has 104 valence electrons. The molecule has 1 amide bonds. The lowest BCUT2D eigenvalue weighted by atomic mass is 10.1. The van der Waals surface area contributed by atoms with Crippen LogP contribution in [0.3, 0.4) is 0 Å². The highest BCUT2D eigenvalue weighted by Crippen LogP contribution is 2.24. The summed E-state index contributed by atoms with van der Waals surface area (Å²) in [4.78, 5) is 28.0. The zero-order chi connectivity index (χ0) is 14.3. The molecule has 3 N–H and O–H groups in total. The highest BCUT2D eigenvalue weighted by Gasteiger charge is 2.39. The van der Waals surface area contributed by atoms with E-state index in [1.54, 1.807) is 24.4 Å². The lowest BCUT2D eigenvalue weighted by Crippen LogP contribution is -2.40. The maximum Gasteiger partial charge on any atom is 0.326 e. The minimum atomic E-state index is -1.09. The molecule has 0 radical (unpaired) electrons. The average molecular weight is 274 g/mol. The fraction of sp³-hybridized carbons (Fsp3) is 0.286. The van der Waals surface area contributed by atoms with Gasteiger partial charge < -0.3 is 20.1 Å². The van der Waals surface area contributed by atoms with Gasteiger partial charge in [0.05, 0.1) is 6.10 Å². The molecule has 0 aliphatic carbocycles. The molecule has 2 atom stereocenters. The number of aromatic amines is 1. The number of aliphatic hydroxyl groups excluding tert-OH is 1. The van der Waals surface area contributed by atoms with Gasteiger partial charge in [-0.15, -0.1) is 0 Å². The zero-order valence-corrected chi connectivity index (χ0v) is 10.6. The van der Waals surface area contributed by atoms with Gasteiger partial charge in [0, 0.05) is 35.6 Å². The van der Waals surface area contributed by atoms with Crippen molar-refractivity contribution in [1.29, 1.82) is 0 Å². The lowest BCUT2D eigenvalue weighted by Gasteiger charge is -2.21. The van der Waals surface area contributed by atoms with Gasteiger partial charge in [-0.2, -0.15) is 0 Å². The molecule has 0 unspecified atom stereocenters. The maximum absolute atomic E-state index is 12.6. The van der Waals surface area contributed by atoms with E-state index in [4.69, 9.17) is 5.11 Å². The summed E-state index contributed by atoms with van der Waals surface area (Å²) in [7, 11) is 0.